The largest absolute Gasteiger partial charge is 0.482 e. The summed E-state index contributed by atoms with van der Waals surface area (Å²) < 4.78 is 124. The molecule has 0 fully saturated rings. The third kappa shape index (κ3) is 6.93. The van der Waals surface area contributed by atoms with Gasteiger partial charge in [0.25, 0.3) is 0 Å². The van der Waals surface area contributed by atoms with E-state index in [1.54, 1.807) is 12.1 Å². The van der Waals surface area contributed by atoms with Crippen LogP contribution in [0.25, 0.3) is 0 Å². The third-order valence-electron chi connectivity index (χ3n) is 4.18. The van der Waals surface area contributed by atoms with Crippen LogP contribution in [0.1, 0.15) is 32.3 Å². The lowest BCUT2D eigenvalue weighted by molar-refractivity contribution is -0.397. The molecular weight excluding hydrogens is 447 g/mol. The highest BCUT2D eigenvalue weighted by molar-refractivity contribution is 5.71. The van der Waals surface area contributed by atoms with E-state index in [9.17, 15) is 44.3 Å². The Morgan fingerprint density at radius 2 is 1.45 bits per heavy atom. The van der Waals surface area contributed by atoms with Crippen LogP contribution in [0, 0.1) is 5.92 Å². The fourth-order valence-corrected chi connectivity index (χ4v) is 2.25. The van der Waals surface area contributed by atoms with Crippen molar-refractivity contribution in [3.63, 3.8) is 0 Å². The molecular formula is C19H21F9O3. The summed E-state index contributed by atoms with van der Waals surface area (Å²) in [6.07, 6.45) is -7.38. The Hall–Kier alpha value is -2.14. The van der Waals surface area contributed by atoms with Gasteiger partial charge in [-0.05, 0) is 36.5 Å². The van der Waals surface area contributed by atoms with E-state index in [2.05, 4.69) is 18.6 Å². The van der Waals surface area contributed by atoms with E-state index in [1.807, 2.05) is 0 Å². The zero-order chi connectivity index (χ0) is 24.1. The number of rotatable bonds is 11. The Bertz CT molecular complexity index is 713. The molecule has 1 aromatic carbocycles. The van der Waals surface area contributed by atoms with E-state index in [0.717, 1.165) is 18.4 Å². The van der Waals surface area contributed by atoms with E-state index in [4.69, 9.17) is 4.74 Å². The van der Waals surface area contributed by atoms with Crippen molar-refractivity contribution < 1.29 is 53.8 Å². The molecule has 1 rings (SSSR count). The van der Waals surface area contributed by atoms with Crippen LogP contribution in [-0.2, 0) is 16.0 Å². The number of carbonyl (C=O) groups is 1. The van der Waals surface area contributed by atoms with E-state index in [0.29, 0.717) is 5.92 Å². The van der Waals surface area contributed by atoms with Crippen LogP contribution in [-0.4, -0.2) is 43.1 Å². The molecule has 3 nitrogen and oxygen atoms in total. The van der Waals surface area contributed by atoms with Gasteiger partial charge in [-0.15, -0.1) is 0 Å². The molecule has 0 N–H and O–H groups in total. The third-order valence-corrected chi connectivity index (χ3v) is 4.18. The van der Waals surface area contributed by atoms with Gasteiger partial charge in [-0.25, -0.2) is 4.79 Å². The first kappa shape index (κ1) is 26.9. The fourth-order valence-electron chi connectivity index (χ4n) is 2.25. The van der Waals surface area contributed by atoms with Gasteiger partial charge in [-0.1, -0.05) is 26.0 Å². The van der Waals surface area contributed by atoms with E-state index >= 15 is 0 Å². The lowest BCUT2D eigenvalue weighted by atomic mass is 10.0. The standard InChI is InChI=1S/C19H21F9O3/c1-12(2)3-4-13-5-7-14(8-6-13)31-11-15(29)30-10-9-16(20,21)17(22,23)18(24,25)19(26,27)28/h5-8,12H,3-4,9-11H2,1-2H3. The molecule has 1 aromatic rings. The lowest BCUT2D eigenvalue weighted by Gasteiger charge is -2.33. The number of hydrogen-bond acceptors (Lipinski definition) is 3. The highest BCUT2D eigenvalue weighted by atomic mass is 19.4. The van der Waals surface area contributed by atoms with Gasteiger partial charge < -0.3 is 9.47 Å². The number of esters is 1. The van der Waals surface area contributed by atoms with Gasteiger partial charge in [0.05, 0.1) is 13.0 Å². The summed E-state index contributed by atoms with van der Waals surface area (Å²) in [5, 5.41) is 0. The van der Waals surface area contributed by atoms with E-state index in [1.165, 1.54) is 12.1 Å². The maximum atomic E-state index is 13.3. The molecule has 178 valence electrons. The molecule has 0 bridgehead atoms. The molecule has 0 spiro atoms. The second-order valence-electron chi connectivity index (χ2n) is 7.19. The molecule has 0 saturated heterocycles. The zero-order valence-corrected chi connectivity index (χ0v) is 16.5. The maximum absolute atomic E-state index is 13.3. The smallest absolute Gasteiger partial charge is 0.460 e. The summed E-state index contributed by atoms with van der Waals surface area (Å²) in [7, 11) is 0. The van der Waals surface area contributed by atoms with Crippen LogP contribution in [0.3, 0.4) is 0 Å². The summed E-state index contributed by atoms with van der Waals surface area (Å²) in [5.74, 6) is -20.1. The van der Waals surface area contributed by atoms with Crippen LogP contribution in [0.5, 0.6) is 5.75 Å². The van der Waals surface area contributed by atoms with Gasteiger partial charge >= 0.3 is 29.9 Å². The predicted octanol–water partition coefficient (Wildman–Crippen LogP) is 6.06. The van der Waals surface area contributed by atoms with Gasteiger partial charge in [0.2, 0.25) is 0 Å². The molecule has 0 aliphatic heterocycles. The fraction of sp³-hybridized carbons (Fsp3) is 0.632. The Balaban J connectivity index is 2.52. The molecule has 0 radical (unpaired) electrons. The van der Waals surface area contributed by atoms with Crippen LogP contribution >= 0.6 is 0 Å². The highest BCUT2D eigenvalue weighted by Crippen LogP contribution is 2.53. The van der Waals surface area contributed by atoms with Crippen molar-refractivity contribution in [2.24, 2.45) is 5.92 Å². The Kier molecular flexibility index (Phi) is 8.67. The molecule has 0 saturated carbocycles. The molecule has 12 heteroatoms. The number of halogens is 9. The number of benzene rings is 1. The van der Waals surface area contributed by atoms with Crippen molar-refractivity contribution in [2.75, 3.05) is 13.2 Å². The number of alkyl halides is 9. The average Bonchev–Trinajstić information content (AvgIpc) is 2.64. The number of hydrogen-bond donors (Lipinski definition) is 0. The average molecular weight is 468 g/mol. The quantitative estimate of drug-likeness (QED) is 0.293. The minimum Gasteiger partial charge on any atom is -0.482 e. The molecule has 31 heavy (non-hydrogen) atoms. The van der Waals surface area contributed by atoms with Crippen LogP contribution < -0.4 is 4.74 Å². The van der Waals surface area contributed by atoms with Gasteiger partial charge in [0.15, 0.2) is 6.61 Å². The monoisotopic (exact) mass is 468 g/mol. The predicted molar refractivity (Wildman–Crippen MR) is 91.6 cm³/mol. The molecule has 0 aromatic heterocycles. The normalized spacial score (nSPS) is 13.4. The summed E-state index contributed by atoms with van der Waals surface area (Å²) in [5.41, 5.74) is 1.00. The summed E-state index contributed by atoms with van der Waals surface area (Å²) in [6, 6.07) is 6.51. The number of ether oxygens (including phenoxy) is 2. The molecule has 0 aliphatic rings. The maximum Gasteiger partial charge on any atom is 0.460 e. The molecule has 0 unspecified atom stereocenters. The summed E-state index contributed by atoms with van der Waals surface area (Å²) >= 11 is 0. The first-order valence-electron chi connectivity index (χ1n) is 9.09. The van der Waals surface area contributed by atoms with Crippen LogP contribution in [0.2, 0.25) is 0 Å². The topological polar surface area (TPSA) is 35.5 Å². The Labute approximate surface area is 172 Å². The van der Waals surface area contributed by atoms with Gasteiger partial charge in [0, 0.05) is 0 Å². The van der Waals surface area contributed by atoms with Crippen molar-refractivity contribution in [1.82, 2.24) is 0 Å². The molecule has 0 atom stereocenters. The summed E-state index contributed by atoms with van der Waals surface area (Å²) in [6.45, 7) is 1.78. The summed E-state index contributed by atoms with van der Waals surface area (Å²) in [4.78, 5) is 11.4. The second kappa shape index (κ2) is 9.99. The lowest BCUT2D eigenvalue weighted by Crippen LogP contribution is -2.61. The van der Waals surface area contributed by atoms with E-state index in [-0.39, 0.29) is 5.75 Å². The number of carbonyl (C=O) groups excluding carboxylic acids is 1. The minimum absolute atomic E-state index is 0.215. The minimum atomic E-state index is -6.97. The van der Waals surface area contributed by atoms with Gasteiger partial charge in [-0.3, -0.25) is 0 Å². The first-order chi connectivity index (χ1) is 14.0. The highest BCUT2D eigenvalue weighted by Gasteiger charge is 2.81. The Morgan fingerprint density at radius 3 is 1.94 bits per heavy atom. The first-order valence-corrected chi connectivity index (χ1v) is 9.09. The van der Waals surface area contributed by atoms with Crippen LogP contribution in [0.15, 0.2) is 24.3 Å². The molecule has 0 heterocycles. The molecule has 0 aliphatic carbocycles. The number of aryl methyl sites for hydroxylation is 1. The second-order valence-corrected chi connectivity index (χ2v) is 7.19. The van der Waals surface area contributed by atoms with Gasteiger partial charge in [0.1, 0.15) is 5.75 Å². The van der Waals surface area contributed by atoms with Crippen molar-refractivity contribution in [1.29, 1.82) is 0 Å². The molecule has 0 amide bonds. The van der Waals surface area contributed by atoms with Crippen LogP contribution in [0.4, 0.5) is 39.5 Å². The van der Waals surface area contributed by atoms with Crippen molar-refractivity contribution >= 4 is 5.97 Å². The van der Waals surface area contributed by atoms with Crippen molar-refractivity contribution in [3.8, 4) is 5.75 Å². The Morgan fingerprint density at radius 1 is 0.903 bits per heavy atom. The van der Waals surface area contributed by atoms with Crippen molar-refractivity contribution in [3.05, 3.63) is 29.8 Å². The zero-order valence-electron chi connectivity index (χ0n) is 16.5. The van der Waals surface area contributed by atoms with Crippen molar-refractivity contribution in [2.45, 2.75) is 57.1 Å². The van der Waals surface area contributed by atoms with Gasteiger partial charge in [-0.2, -0.15) is 39.5 Å². The van der Waals surface area contributed by atoms with E-state index < -0.39 is 49.5 Å². The SMILES string of the molecule is CC(C)CCc1ccc(OCC(=O)OCCC(F)(F)C(F)(F)C(F)(F)C(F)(F)F)cc1.